The molecule has 1 aromatic rings. The van der Waals surface area contributed by atoms with Crippen molar-refractivity contribution in [1.82, 2.24) is 0 Å². The molecule has 1 aromatic carbocycles. The van der Waals surface area contributed by atoms with Crippen molar-refractivity contribution in [3.8, 4) is 0 Å². The molecule has 108 valence electrons. The molecule has 0 aliphatic rings. The zero-order chi connectivity index (χ0) is 14.4. The van der Waals surface area contributed by atoms with Gasteiger partial charge in [-0.25, -0.2) is 0 Å². The normalized spacial score (nSPS) is 12.7. The number of benzene rings is 1. The minimum Gasteiger partial charge on any atom is -0.417 e. The van der Waals surface area contributed by atoms with Crippen molar-refractivity contribution < 1.29 is 4.43 Å². The van der Waals surface area contributed by atoms with Crippen molar-refractivity contribution in [3.05, 3.63) is 35.9 Å². The number of unbranched alkanes of at least 4 members (excludes halogenated alkanes) is 2. The molecule has 1 rings (SSSR count). The van der Waals surface area contributed by atoms with Gasteiger partial charge < -0.3 is 4.43 Å². The number of rotatable bonds is 7. The van der Waals surface area contributed by atoms with E-state index in [2.05, 4.69) is 64.2 Å². The Bertz CT molecular complexity index is 351. The number of hydrogen-bond acceptors (Lipinski definition) is 1. The van der Waals surface area contributed by atoms with Gasteiger partial charge in [0.25, 0.3) is 0 Å². The second-order valence-corrected chi connectivity index (χ2v) is 11.7. The van der Waals surface area contributed by atoms with Crippen LogP contribution >= 0.6 is 0 Å². The van der Waals surface area contributed by atoms with Crippen LogP contribution in [-0.4, -0.2) is 14.9 Å². The third-order valence-corrected chi connectivity index (χ3v) is 8.76. The van der Waals surface area contributed by atoms with Crippen LogP contribution in [0.2, 0.25) is 18.1 Å². The van der Waals surface area contributed by atoms with Gasteiger partial charge in [0, 0.05) is 6.61 Å². The van der Waals surface area contributed by atoms with Crippen LogP contribution in [-0.2, 0) is 10.8 Å². The van der Waals surface area contributed by atoms with Gasteiger partial charge in [-0.3, -0.25) is 0 Å². The summed E-state index contributed by atoms with van der Waals surface area (Å²) in [6, 6.07) is 10.8. The van der Waals surface area contributed by atoms with E-state index >= 15 is 0 Å². The van der Waals surface area contributed by atoms with Crippen LogP contribution in [0.4, 0.5) is 0 Å². The zero-order valence-electron chi connectivity index (χ0n) is 13.3. The molecule has 0 radical (unpaired) electrons. The standard InChI is InChI=1S/C17H30OSi/c1-17(2,3)19(4,5)18-15-11-7-10-14-16-12-8-6-9-13-16/h6,8-9,12-13H,7,10-11,14-15H2,1-5H3. The van der Waals surface area contributed by atoms with Crippen molar-refractivity contribution in [3.63, 3.8) is 0 Å². The Hall–Kier alpha value is -0.603. The lowest BCUT2D eigenvalue weighted by Crippen LogP contribution is -2.40. The highest BCUT2D eigenvalue weighted by atomic mass is 28.4. The van der Waals surface area contributed by atoms with Crippen LogP contribution in [0.5, 0.6) is 0 Å². The summed E-state index contributed by atoms with van der Waals surface area (Å²) in [7, 11) is -1.53. The Labute approximate surface area is 120 Å². The van der Waals surface area contributed by atoms with E-state index in [4.69, 9.17) is 4.43 Å². The molecular formula is C17H30OSi. The fourth-order valence-corrected chi connectivity index (χ4v) is 2.88. The first kappa shape index (κ1) is 16.5. The minimum absolute atomic E-state index is 0.330. The maximum atomic E-state index is 6.19. The molecule has 0 aliphatic heterocycles. The highest BCUT2D eigenvalue weighted by molar-refractivity contribution is 6.74. The van der Waals surface area contributed by atoms with Crippen LogP contribution in [0.15, 0.2) is 30.3 Å². The zero-order valence-corrected chi connectivity index (χ0v) is 14.3. The predicted molar refractivity (Wildman–Crippen MR) is 87.1 cm³/mol. The first-order chi connectivity index (χ1) is 8.83. The monoisotopic (exact) mass is 278 g/mol. The summed E-state index contributed by atoms with van der Waals surface area (Å²) in [6.45, 7) is 12.5. The smallest absolute Gasteiger partial charge is 0.191 e. The molecule has 0 heterocycles. The molecule has 19 heavy (non-hydrogen) atoms. The topological polar surface area (TPSA) is 9.23 Å². The van der Waals surface area contributed by atoms with Crippen molar-refractivity contribution in [2.75, 3.05) is 6.61 Å². The van der Waals surface area contributed by atoms with E-state index in [0.717, 1.165) is 6.61 Å². The fourth-order valence-electron chi connectivity index (χ4n) is 1.80. The molecule has 0 unspecified atom stereocenters. The molecular weight excluding hydrogens is 248 g/mol. The first-order valence-corrected chi connectivity index (χ1v) is 10.4. The molecule has 0 atom stereocenters. The summed E-state index contributed by atoms with van der Waals surface area (Å²) in [5.74, 6) is 0. The fraction of sp³-hybridized carbons (Fsp3) is 0.647. The molecule has 0 aromatic heterocycles. The van der Waals surface area contributed by atoms with Crippen LogP contribution in [0.3, 0.4) is 0 Å². The second kappa shape index (κ2) is 7.25. The van der Waals surface area contributed by atoms with Crippen molar-refractivity contribution in [2.45, 2.75) is 64.6 Å². The molecule has 2 heteroatoms. The van der Waals surface area contributed by atoms with Gasteiger partial charge in [0.05, 0.1) is 0 Å². The van der Waals surface area contributed by atoms with E-state index in [-0.39, 0.29) is 0 Å². The third-order valence-electron chi connectivity index (χ3n) is 4.22. The largest absolute Gasteiger partial charge is 0.417 e. The van der Waals surface area contributed by atoms with Crippen molar-refractivity contribution in [1.29, 1.82) is 0 Å². The van der Waals surface area contributed by atoms with E-state index in [1.165, 1.54) is 31.2 Å². The number of hydrogen-bond donors (Lipinski definition) is 0. The first-order valence-electron chi connectivity index (χ1n) is 7.51. The summed E-state index contributed by atoms with van der Waals surface area (Å²) < 4.78 is 6.19. The Morgan fingerprint density at radius 2 is 1.58 bits per heavy atom. The Balaban J connectivity index is 2.12. The Morgan fingerprint density at radius 3 is 2.16 bits per heavy atom. The van der Waals surface area contributed by atoms with Crippen LogP contribution < -0.4 is 0 Å². The van der Waals surface area contributed by atoms with Gasteiger partial charge in [0.1, 0.15) is 0 Å². The highest BCUT2D eigenvalue weighted by Gasteiger charge is 2.36. The lowest BCUT2D eigenvalue weighted by molar-refractivity contribution is 0.278. The molecule has 0 amide bonds. The summed E-state index contributed by atoms with van der Waals surface area (Å²) in [5, 5.41) is 0.330. The average Bonchev–Trinajstić information content (AvgIpc) is 2.33. The van der Waals surface area contributed by atoms with Crippen molar-refractivity contribution >= 4 is 8.32 Å². The van der Waals surface area contributed by atoms with Gasteiger partial charge in [-0.2, -0.15) is 0 Å². The summed E-state index contributed by atoms with van der Waals surface area (Å²) in [6.07, 6.45) is 4.93. The van der Waals surface area contributed by atoms with Gasteiger partial charge in [0.2, 0.25) is 0 Å². The molecule has 0 bridgehead atoms. The second-order valence-electron chi connectivity index (χ2n) is 6.91. The number of aryl methyl sites for hydroxylation is 1. The van der Waals surface area contributed by atoms with E-state index < -0.39 is 8.32 Å². The molecule has 0 saturated heterocycles. The maximum absolute atomic E-state index is 6.19. The van der Waals surface area contributed by atoms with E-state index in [9.17, 15) is 0 Å². The third kappa shape index (κ3) is 5.92. The maximum Gasteiger partial charge on any atom is 0.191 e. The molecule has 0 N–H and O–H groups in total. The van der Waals surface area contributed by atoms with E-state index in [1.807, 2.05) is 0 Å². The average molecular weight is 279 g/mol. The summed E-state index contributed by atoms with van der Waals surface area (Å²) >= 11 is 0. The molecule has 1 nitrogen and oxygen atoms in total. The lowest BCUT2D eigenvalue weighted by atomic mass is 10.1. The minimum atomic E-state index is -1.53. The highest BCUT2D eigenvalue weighted by Crippen LogP contribution is 2.36. The van der Waals surface area contributed by atoms with Gasteiger partial charge in [-0.05, 0) is 43.0 Å². The lowest BCUT2D eigenvalue weighted by Gasteiger charge is -2.36. The predicted octanol–water partition coefficient (Wildman–Crippen LogP) is 5.42. The molecule has 0 spiro atoms. The van der Waals surface area contributed by atoms with Gasteiger partial charge in [0.15, 0.2) is 8.32 Å². The van der Waals surface area contributed by atoms with Crippen LogP contribution in [0, 0.1) is 0 Å². The summed E-state index contributed by atoms with van der Waals surface area (Å²) in [4.78, 5) is 0. The molecule has 0 saturated carbocycles. The summed E-state index contributed by atoms with van der Waals surface area (Å²) in [5.41, 5.74) is 1.45. The molecule has 0 fully saturated rings. The van der Waals surface area contributed by atoms with Crippen molar-refractivity contribution in [2.24, 2.45) is 0 Å². The van der Waals surface area contributed by atoms with Gasteiger partial charge in [-0.15, -0.1) is 0 Å². The van der Waals surface area contributed by atoms with E-state index in [0.29, 0.717) is 5.04 Å². The van der Waals surface area contributed by atoms with Crippen LogP contribution in [0.25, 0.3) is 0 Å². The Kier molecular flexibility index (Phi) is 6.28. The van der Waals surface area contributed by atoms with E-state index in [1.54, 1.807) is 0 Å². The molecule has 0 aliphatic carbocycles. The van der Waals surface area contributed by atoms with Gasteiger partial charge >= 0.3 is 0 Å². The Morgan fingerprint density at radius 1 is 0.947 bits per heavy atom. The quantitative estimate of drug-likeness (QED) is 0.478. The van der Waals surface area contributed by atoms with Crippen LogP contribution in [0.1, 0.15) is 45.6 Å². The van der Waals surface area contributed by atoms with Gasteiger partial charge in [-0.1, -0.05) is 57.5 Å². The SMILES string of the molecule is CC(C)(C)[Si](C)(C)OCCCCCc1ccccc1.